The molecule has 0 radical (unpaired) electrons. The Labute approximate surface area is 132 Å². The normalized spacial score (nSPS) is 11.7. The maximum absolute atomic E-state index is 11.9. The van der Waals surface area contributed by atoms with Crippen LogP contribution in [0.1, 0.15) is 11.1 Å². The lowest BCUT2D eigenvalue weighted by molar-refractivity contribution is 0.591. The van der Waals surface area contributed by atoms with Crippen molar-refractivity contribution in [3.63, 3.8) is 0 Å². The van der Waals surface area contributed by atoms with Gasteiger partial charge in [-0.2, -0.15) is 0 Å². The summed E-state index contributed by atoms with van der Waals surface area (Å²) < 4.78 is 26.4. The van der Waals surface area contributed by atoms with Crippen molar-refractivity contribution >= 4 is 21.8 Å². The van der Waals surface area contributed by atoms with E-state index in [0.717, 1.165) is 16.8 Å². The molecule has 5 heteroatoms. The van der Waals surface area contributed by atoms with Gasteiger partial charge in [-0.05, 0) is 29.3 Å². The van der Waals surface area contributed by atoms with Gasteiger partial charge in [0.2, 0.25) is 10.0 Å². The first-order valence-electron chi connectivity index (χ1n) is 6.95. The highest BCUT2D eigenvalue weighted by Crippen LogP contribution is 2.13. The molecule has 0 aliphatic heterocycles. The van der Waals surface area contributed by atoms with Crippen molar-refractivity contribution in [1.29, 1.82) is 0 Å². The van der Waals surface area contributed by atoms with E-state index in [1.807, 2.05) is 73.6 Å². The minimum Gasteiger partial charge on any atom is -0.378 e. The molecule has 0 saturated heterocycles. The van der Waals surface area contributed by atoms with Gasteiger partial charge in [0, 0.05) is 31.7 Å². The predicted molar refractivity (Wildman–Crippen MR) is 92.0 cm³/mol. The van der Waals surface area contributed by atoms with Crippen molar-refractivity contribution in [3.05, 3.63) is 71.1 Å². The molecule has 1 N–H and O–H groups in total. The third kappa shape index (κ3) is 5.02. The Hall–Kier alpha value is -2.11. The quantitative estimate of drug-likeness (QED) is 0.891. The molecular formula is C17H20N2O2S. The molecule has 0 spiro atoms. The highest BCUT2D eigenvalue weighted by atomic mass is 32.2. The van der Waals surface area contributed by atoms with Crippen LogP contribution in [0, 0.1) is 0 Å². The molecule has 0 atom stereocenters. The summed E-state index contributed by atoms with van der Waals surface area (Å²) in [5, 5.41) is 1.20. The van der Waals surface area contributed by atoms with E-state index in [2.05, 4.69) is 4.72 Å². The number of hydrogen-bond acceptors (Lipinski definition) is 3. The average Bonchev–Trinajstić information content (AvgIpc) is 2.53. The average molecular weight is 316 g/mol. The summed E-state index contributed by atoms with van der Waals surface area (Å²) in [4.78, 5) is 1.99. The highest BCUT2D eigenvalue weighted by molar-refractivity contribution is 7.92. The van der Waals surface area contributed by atoms with Gasteiger partial charge in [-0.15, -0.1) is 0 Å². The first kappa shape index (κ1) is 16.3. The molecule has 4 nitrogen and oxygen atoms in total. The van der Waals surface area contributed by atoms with Gasteiger partial charge in [0.05, 0.1) is 0 Å². The molecule has 2 aromatic rings. The van der Waals surface area contributed by atoms with Gasteiger partial charge in [-0.25, -0.2) is 13.1 Å². The van der Waals surface area contributed by atoms with E-state index in [9.17, 15) is 8.42 Å². The molecule has 0 unspecified atom stereocenters. The monoisotopic (exact) mass is 316 g/mol. The Morgan fingerprint density at radius 1 is 1.00 bits per heavy atom. The second-order valence-corrected chi connectivity index (χ2v) is 6.79. The van der Waals surface area contributed by atoms with Gasteiger partial charge in [-0.1, -0.05) is 42.5 Å². The molecule has 0 saturated carbocycles. The molecule has 0 aromatic heterocycles. The summed E-state index contributed by atoms with van der Waals surface area (Å²) in [7, 11) is 0.477. The minimum atomic E-state index is -3.45. The first-order chi connectivity index (χ1) is 10.5. The van der Waals surface area contributed by atoms with Crippen molar-refractivity contribution in [1.82, 2.24) is 4.72 Å². The standard InChI is InChI=1S/C17H20N2O2S/c1-19(2)17-10-8-15(9-11-17)12-13-22(20,21)18-14-16-6-4-3-5-7-16/h3-13,18H,14H2,1-2H3/b13-12+. The van der Waals surface area contributed by atoms with Gasteiger partial charge in [0.25, 0.3) is 0 Å². The Balaban J connectivity index is 1.98. The van der Waals surface area contributed by atoms with Gasteiger partial charge in [0.1, 0.15) is 0 Å². The largest absolute Gasteiger partial charge is 0.378 e. The molecule has 22 heavy (non-hydrogen) atoms. The summed E-state index contributed by atoms with van der Waals surface area (Å²) in [6, 6.07) is 17.1. The third-order valence-corrected chi connectivity index (χ3v) is 4.21. The predicted octanol–water partition coefficient (Wildman–Crippen LogP) is 2.84. The van der Waals surface area contributed by atoms with Crippen LogP contribution in [-0.4, -0.2) is 22.5 Å². The molecule has 0 bridgehead atoms. The van der Waals surface area contributed by atoms with E-state index in [4.69, 9.17) is 0 Å². The zero-order valence-corrected chi connectivity index (χ0v) is 13.5. The Bertz CT molecular complexity index is 721. The van der Waals surface area contributed by atoms with Crippen molar-refractivity contribution in [2.75, 3.05) is 19.0 Å². The van der Waals surface area contributed by atoms with Crippen LogP contribution < -0.4 is 9.62 Å². The van der Waals surface area contributed by atoms with Crippen LogP contribution in [0.4, 0.5) is 5.69 Å². The van der Waals surface area contributed by atoms with E-state index in [1.54, 1.807) is 6.08 Å². The van der Waals surface area contributed by atoms with E-state index in [1.165, 1.54) is 5.41 Å². The van der Waals surface area contributed by atoms with Crippen LogP contribution >= 0.6 is 0 Å². The second kappa shape index (κ2) is 7.24. The lowest BCUT2D eigenvalue weighted by Gasteiger charge is -2.11. The number of benzene rings is 2. The summed E-state index contributed by atoms with van der Waals surface area (Å²) in [6.45, 7) is 0.285. The fourth-order valence-electron chi connectivity index (χ4n) is 1.88. The number of nitrogens with one attached hydrogen (secondary N) is 1. The van der Waals surface area contributed by atoms with Crippen LogP contribution in [-0.2, 0) is 16.6 Å². The highest BCUT2D eigenvalue weighted by Gasteiger charge is 2.04. The zero-order chi connectivity index (χ0) is 16.0. The molecule has 0 aliphatic carbocycles. The SMILES string of the molecule is CN(C)c1ccc(/C=C/S(=O)(=O)NCc2ccccc2)cc1. The number of sulfonamides is 1. The van der Waals surface area contributed by atoms with E-state index < -0.39 is 10.0 Å². The lowest BCUT2D eigenvalue weighted by atomic mass is 10.2. The summed E-state index contributed by atoms with van der Waals surface area (Å²) >= 11 is 0. The van der Waals surface area contributed by atoms with E-state index in [-0.39, 0.29) is 6.54 Å². The lowest BCUT2D eigenvalue weighted by Crippen LogP contribution is -2.20. The van der Waals surface area contributed by atoms with Gasteiger partial charge in [0.15, 0.2) is 0 Å². The van der Waals surface area contributed by atoms with Crippen LogP contribution in [0.15, 0.2) is 60.0 Å². The Morgan fingerprint density at radius 3 is 2.23 bits per heavy atom. The van der Waals surface area contributed by atoms with Gasteiger partial charge >= 0.3 is 0 Å². The molecule has 2 aromatic carbocycles. The molecule has 0 fully saturated rings. The van der Waals surface area contributed by atoms with E-state index in [0.29, 0.717) is 0 Å². The minimum absolute atomic E-state index is 0.285. The topological polar surface area (TPSA) is 49.4 Å². The number of hydrogen-bond donors (Lipinski definition) is 1. The smallest absolute Gasteiger partial charge is 0.234 e. The Kier molecular flexibility index (Phi) is 5.35. The van der Waals surface area contributed by atoms with Crippen LogP contribution in [0.25, 0.3) is 6.08 Å². The fraction of sp³-hybridized carbons (Fsp3) is 0.176. The van der Waals surface area contributed by atoms with Crippen molar-refractivity contribution in [2.45, 2.75) is 6.54 Å². The third-order valence-electron chi connectivity index (χ3n) is 3.17. The van der Waals surface area contributed by atoms with Crippen molar-refractivity contribution in [2.24, 2.45) is 0 Å². The fourth-order valence-corrected chi connectivity index (χ4v) is 2.68. The zero-order valence-electron chi connectivity index (χ0n) is 12.7. The van der Waals surface area contributed by atoms with Crippen molar-refractivity contribution in [3.8, 4) is 0 Å². The molecular weight excluding hydrogens is 296 g/mol. The molecule has 116 valence electrons. The van der Waals surface area contributed by atoms with E-state index >= 15 is 0 Å². The first-order valence-corrected chi connectivity index (χ1v) is 8.50. The molecule has 0 amide bonds. The van der Waals surface area contributed by atoms with Crippen LogP contribution in [0.5, 0.6) is 0 Å². The molecule has 2 rings (SSSR count). The summed E-state index contributed by atoms with van der Waals surface area (Å²) in [5.41, 5.74) is 2.84. The second-order valence-electron chi connectivity index (χ2n) is 5.14. The Morgan fingerprint density at radius 2 is 1.64 bits per heavy atom. The maximum atomic E-state index is 11.9. The summed E-state index contributed by atoms with van der Waals surface area (Å²) in [6.07, 6.45) is 1.59. The van der Waals surface area contributed by atoms with Gasteiger partial charge < -0.3 is 4.90 Å². The van der Waals surface area contributed by atoms with Crippen LogP contribution in [0.2, 0.25) is 0 Å². The maximum Gasteiger partial charge on any atom is 0.234 e. The van der Waals surface area contributed by atoms with Crippen LogP contribution in [0.3, 0.4) is 0 Å². The van der Waals surface area contributed by atoms with Crippen molar-refractivity contribution < 1.29 is 8.42 Å². The van der Waals surface area contributed by atoms with Gasteiger partial charge in [-0.3, -0.25) is 0 Å². The number of nitrogens with zero attached hydrogens (tertiary/aromatic N) is 1. The molecule has 0 aliphatic rings. The number of rotatable bonds is 6. The number of anilines is 1. The summed E-state index contributed by atoms with van der Waals surface area (Å²) in [5.74, 6) is 0. The molecule has 0 heterocycles.